The van der Waals surface area contributed by atoms with Crippen LogP contribution in [-0.2, 0) is 11.2 Å². The van der Waals surface area contributed by atoms with Crippen molar-refractivity contribution in [3.05, 3.63) is 36.4 Å². The lowest BCUT2D eigenvalue weighted by Crippen LogP contribution is -2.36. The van der Waals surface area contributed by atoms with E-state index in [9.17, 15) is 4.79 Å². The second-order valence-corrected chi connectivity index (χ2v) is 4.01. The third kappa shape index (κ3) is 3.80. The smallest absolute Gasteiger partial charge is 0.260 e. The van der Waals surface area contributed by atoms with Crippen molar-refractivity contribution >= 4 is 11.6 Å². The molecule has 0 aliphatic rings. The molecule has 0 bridgehead atoms. The maximum absolute atomic E-state index is 11.6. The lowest BCUT2D eigenvalue weighted by Gasteiger charge is -2.16. The number of nitrogens with one attached hydrogen (secondary N) is 1. The van der Waals surface area contributed by atoms with Gasteiger partial charge in [-0.05, 0) is 44.0 Å². The first-order valence-corrected chi connectivity index (χ1v) is 6.02. The number of anilines is 1. The minimum atomic E-state index is -0.530. The number of likely N-dealkylation sites (N-methyl/N-ethyl adjacent to an activating group) is 1. The number of benzene rings is 1. The predicted molar refractivity (Wildman–Crippen MR) is 73.5 cm³/mol. The number of amides is 1. The Morgan fingerprint density at radius 1 is 1.61 bits per heavy atom. The van der Waals surface area contributed by atoms with Gasteiger partial charge in [0.15, 0.2) is 6.10 Å². The van der Waals surface area contributed by atoms with E-state index in [1.54, 1.807) is 25.1 Å². The molecule has 1 unspecified atom stereocenters. The highest BCUT2D eigenvalue weighted by atomic mass is 16.5. The lowest BCUT2D eigenvalue weighted by molar-refractivity contribution is -0.127. The molecule has 1 aromatic rings. The highest BCUT2D eigenvalue weighted by molar-refractivity contribution is 5.80. The van der Waals surface area contributed by atoms with Gasteiger partial charge in [-0.25, -0.2) is 0 Å². The molecule has 1 aromatic carbocycles. The average molecular weight is 248 g/mol. The van der Waals surface area contributed by atoms with Crippen LogP contribution in [0.5, 0.6) is 5.75 Å². The van der Waals surface area contributed by atoms with E-state index >= 15 is 0 Å². The number of ether oxygens (including phenoxy) is 1. The van der Waals surface area contributed by atoms with E-state index in [0.29, 0.717) is 24.4 Å². The normalized spacial score (nSPS) is 11.7. The quantitative estimate of drug-likeness (QED) is 0.597. The molecule has 0 radical (unpaired) electrons. The van der Waals surface area contributed by atoms with Crippen LogP contribution in [0.3, 0.4) is 0 Å². The van der Waals surface area contributed by atoms with E-state index in [-0.39, 0.29) is 5.91 Å². The maximum Gasteiger partial charge on any atom is 0.260 e. The third-order valence-corrected chi connectivity index (χ3v) is 2.47. The Morgan fingerprint density at radius 2 is 2.33 bits per heavy atom. The van der Waals surface area contributed by atoms with Gasteiger partial charge in [0, 0.05) is 12.2 Å². The molecule has 4 nitrogen and oxygen atoms in total. The van der Waals surface area contributed by atoms with Crippen LogP contribution < -0.4 is 15.8 Å². The van der Waals surface area contributed by atoms with Gasteiger partial charge in [0.05, 0.1) is 0 Å². The number of hydrogen-bond acceptors (Lipinski definition) is 3. The molecule has 0 heterocycles. The topological polar surface area (TPSA) is 64.3 Å². The predicted octanol–water partition coefficient (Wildman–Crippen LogP) is 1.90. The van der Waals surface area contributed by atoms with E-state index in [1.807, 2.05) is 13.0 Å². The fourth-order valence-electron chi connectivity index (χ4n) is 1.59. The minimum absolute atomic E-state index is 0.126. The largest absolute Gasteiger partial charge is 0.481 e. The molecule has 98 valence electrons. The van der Waals surface area contributed by atoms with Gasteiger partial charge >= 0.3 is 0 Å². The summed E-state index contributed by atoms with van der Waals surface area (Å²) < 4.78 is 5.65. The number of nitrogens with two attached hydrogens (primary N) is 1. The van der Waals surface area contributed by atoms with E-state index in [4.69, 9.17) is 10.5 Å². The zero-order chi connectivity index (χ0) is 13.5. The van der Waals surface area contributed by atoms with E-state index < -0.39 is 6.10 Å². The van der Waals surface area contributed by atoms with Crippen LogP contribution >= 0.6 is 0 Å². The molecule has 0 aliphatic carbocycles. The average Bonchev–Trinajstić information content (AvgIpc) is 2.33. The highest BCUT2D eigenvalue weighted by Gasteiger charge is 2.15. The maximum atomic E-state index is 11.6. The number of carbonyl (C=O) groups excluding carboxylic acids is 1. The molecular formula is C14H20N2O2. The van der Waals surface area contributed by atoms with Gasteiger partial charge in [-0.1, -0.05) is 6.08 Å². The SMILES string of the molecule is C=CCc1cc(N)ccc1OC(C)C(=O)NCC. The zero-order valence-corrected chi connectivity index (χ0v) is 10.9. The Hall–Kier alpha value is -1.97. The van der Waals surface area contributed by atoms with Gasteiger partial charge in [0.1, 0.15) is 5.75 Å². The summed E-state index contributed by atoms with van der Waals surface area (Å²) in [6.45, 7) is 7.88. The van der Waals surface area contributed by atoms with Gasteiger partial charge in [-0.15, -0.1) is 6.58 Å². The molecule has 0 saturated heterocycles. The van der Waals surface area contributed by atoms with Crippen LogP contribution in [0.25, 0.3) is 0 Å². The molecule has 4 heteroatoms. The summed E-state index contributed by atoms with van der Waals surface area (Å²) >= 11 is 0. The Balaban J connectivity index is 2.82. The van der Waals surface area contributed by atoms with Crippen LogP contribution in [0.15, 0.2) is 30.9 Å². The van der Waals surface area contributed by atoms with Crippen molar-refractivity contribution in [3.8, 4) is 5.75 Å². The van der Waals surface area contributed by atoms with Crippen LogP contribution in [-0.4, -0.2) is 18.6 Å². The summed E-state index contributed by atoms with van der Waals surface area (Å²) in [7, 11) is 0. The van der Waals surface area contributed by atoms with Crippen molar-refractivity contribution in [1.29, 1.82) is 0 Å². The molecule has 3 N–H and O–H groups in total. The van der Waals surface area contributed by atoms with Crippen LogP contribution in [0.1, 0.15) is 19.4 Å². The Kier molecular flexibility index (Phi) is 5.24. The second-order valence-electron chi connectivity index (χ2n) is 4.01. The van der Waals surface area contributed by atoms with Crippen LogP contribution in [0, 0.1) is 0 Å². The Morgan fingerprint density at radius 3 is 2.94 bits per heavy atom. The van der Waals surface area contributed by atoms with Crippen molar-refractivity contribution in [1.82, 2.24) is 5.32 Å². The standard InChI is InChI=1S/C14H20N2O2/c1-4-6-11-9-12(15)7-8-13(11)18-10(3)14(17)16-5-2/h4,7-10H,1,5-6,15H2,2-3H3,(H,16,17). The molecule has 18 heavy (non-hydrogen) atoms. The summed E-state index contributed by atoms with van der Waals surface area (Å²) in [4.78, 5) is 11.6. The molecule has 1 amide bonds. The fraction of sp³-hybridized carbons (Fsp3) is 0.357. The zero-order valence-electron chi connectivity index (χ0n) is 10.9. The lowest BCUT2D eigenvalue weighted by atomic mass is 10.1. The van der Waals surface area contributed by atoms with Crippen molar-refractivity contribution < 1.29 is 9.53 Å². The first-order chi connectivity index (χ1) is 8.58. The molecule has 0 aliphatic heterocycles. The molecule has 1 rings (SSSR count). The summed E-state index contributed by atoms with van der Waals surface area (Å²) in [5.41, 5.74) is 7.33. The number of hydrogen-bond donors (Lipinski definition) is 2. The third-order valence-electron chi connectivity index (χ3n) is 2.47. The molecule has 0 fully saturated rings. The van der Waals surface area contributed by atoms with Crippen LogP contribution in [0.4, 0.5) is 5.69 Å². The molecular weight excluding hydrogens is 228 g/mol. The summed E-state index contributed by atoms with van der Waals surface area (Å²) in [6.07, 6.45) is 1.90. The van der Waals surface area contributed by atoms with Crippen molar-refractivity contribution in [2.75, 3.05) is 12.3 Å². The first-order valence-electron chi connectivity index (χ1n) is 6.02. The van der Waals surface area contributed by atoms with E-state index in [1.165, 1.54) is 0 Å². The second kappa shape index (κ2) is 6.69. The summed E-state index contributed by atoms with van der Waals surface area (Å²) in [5, 5.41) is 2.72. The molecule has 0 spiro atoms. The molecule has 0 aromatic heterocycles. The minimum Gasteiger partial charge on any atom is -0.481 e. The Bertz CT molecular complexity index is 430. The van der Waals surface area contributed by atoms with Gasteiger partial charge in [0.2, 0.25) is 0 Å². The molecule has 1 atom stereocenters. The van der Waals surface area contributed by atoms with E-state index in [0.717, 1.165) is 5.56 Å². The van der Waals surface area contributed by atoms with Crippen molar-refractivity contribution in [3.63, 3.8) is 0 Å². The van der Waals surface area contributed by atoms with E-state index in [2.05, 4.69) is 11.9 Å². The first kappa shape index (κ1) is 14.1. The van der Waals surface area contributed by atoms with Crippen molar-refractivity contribution in [2.24, 2.45) is 0 Å². The fourth-order valence-corrected chi connectivity index (χ4v) is 1.59. The molecule has 0 saturated carbocycles. The van der Waals surface area contributed by atoms with Crippen LogP contribution in [0.2, 0.25) is 0 Å². The number of allylic oxidation sites excluding steroid dienone is 1. The van der Waals surface area contributed by atoms with Gasteiger partial charge in [-0.2, -0.15) is 0 Å². The number of carbonyl (C=O) groups is 1. The monoisotopic (exact) mass is 248 g/mol. The number of rotatable bonds is 6. The summed E-state index contributed by atoms with van der Waals surface area (Å²) in [6, 6.07) is 5.37. The number of nitrogen functional groups attached to an aromatic ring is 1. The van der Waals surface area contributed by atoms with Gasteiger partial charge in [-0.3, -0.25) is 4.79 Å². The highest BCUT2D eigenvalue weighted by Crippen LogP contribution is 2.23. The van der Waals surface area contributed by atoms with Gasteiger partial charge in [0.25, 0.3) is 5.91 Å². The Labute approximate surface area is 108 Å². The summed E-state index contributed by atoms with van der Waals surface area (Å²) in [5.74, 6) is 0.543. The van der Waals surface area contributed by atoms with Crippen molar-refractivity contribution in [2.45, 2.75) is 26.4 Å². The van der Waals surface area contributed by atoms with Gasteiger partial charge < -0.3 is 15.8 Å².